The molecule has 1 atom stereocenters. The first-order valence-electron chi connectivity index (χ1n) is 8.99. The topological polar surface area (TPSA) is 62.6 Å². The maximum Gasteiger partial charge on any atom is 0.321 e. The molecular formula is C20H26N3O2+. The standard InChI is InChI=1S/C20H25N3O2/c1-23(13-15-10-11-16-6-2-3-7-17(16)12-15)14-19(24)22-20(25)21-18-8-4-5-9-18/h2-3,6-7,10-12,18H,4-5,8-9,13-14H2,1H3,(H2,21,22,24,25)/p+1. The van der Waals surface area contributed by atoms with Crippen LogP contribution in [0.1, 0.15) is 31.2 Å². The van der Waals surface area contributed by atoms with Crippen molar-refractivity contribution in [3.05, 3.63) is 48.0 Å². The normalized spacial score (nSPS) is 15.9. The van der Waals surface area contributed by atoms with Crippen molar-refractivity contribution in [1.29, 1.82) is 0 Å². The molecule has 0 aliphatic heterocycles. The molecule has 2 aromatic rings. The van der Waals surface area contributed by atoms with Crippen molar-refractivity contribution in [3.63, 3.8) is 0 Å². The van der Waals surface area contributed by atoms with Gasteiger partial charge in [0, 0.05) is 11.6 Å². The highest BCUT2D eigenvalue weighted by molar-refractivity contribution is 5.94. The van der Waals surface area contributed by atoms with Crippen LogP contribution >= 0.6 is 0 Å². The van der Waals surface area contributed by atoms with E-state index >= 15 is 0 Å². The molecule has 1 unspecified atom stereocenters. The lowest BCUT2D eigenvalue weighted by Gasteiger charge is -2.15. The monoisotopic (exact) mass is 340 g/mol. The second kappa shape index (κ2) is 8.12. The van der Waals surface area contributed by atoms with Gasteiger partial charge in [-0.15, -0.1) is 0 Å². The fourth-order valence-corrected chi connectivity index (χ4v) is 3.50. The Balaban J connectivity index is 1.48. The van der Waals surface area contributed by atoms with Crippen LogP contribution in [-0.2, 0) is 11.3 Å². The second-order valence-electron chi connectivity index (χ2n) is 7.00. The second-order valence-corrected chi connectivity index (χ2v) is 7.00. The first-order valence-corrected chi connectivity index (χ1v) is 8.99. The molecule has 0 aromatic heterocycles. The molecule has 1 aliphatic rings. The van der Waals surface area contributed by atoms with E-state index in [2.05, 4.69) is 41.0 Å². The lowest BCUT2D eigenvalue weighted by molar-refractivity contribution is -0.885. The largest absolute Gasteiger partial charge is 0.335 e. The van der Waals surface area contributed by atoms with Gasteiger partial charge in [0.1, 0.15) is 6.54 Å². The van der Waals surface area contributed by atoms with Gasteiger partial charge in [0.2, 0.25) is 0 Å². The molecule has 3 N–H and O–H groups in total. The van der Waals surface area contributed by atoms with Crippen LogP contribution in [0.4, 0.5) is 4.79 Å². The minimum absolute atomic E-state index is 0.218. The Hall–Kier alpha value is -2.40. The molecule has 2 aromatic carbocycles. The summed E-state index contributed by atoms with van der Waals surface area (Å²) in [6, 6.07) is 14.4. The number of rotatable bonds is 5. The van der Waals surface area contributed by atoms with Crippen LogP contribution in [-0.4, -0.2) is 31.6 Å². The summed E-state index contributed by atoms with van der Waals surface area (Å²) in [6.07, 6.45) is 4.32. The van der Waals surface area contributed by atoms with Crippen LogP contribution in [0, 0.1) is 0 Å². The lowest BCUT2D eigenvalue weighted by atomic mass is 10.1. The number of fused-ring (bicyclic) bond motifs is 1. The van der Waals surface area contributed by atoms with Gasteiger partial charge in [0.15, 0.2) is 6.54 Å². The molecule has 3 rings (SSSR count). The van der Waals surface area contributed by atoms with Gasteiger partial charge in [-0.2, -0.15) is 0 Å². The first kappa shape index (κ1) is 17.4. The molecule has 0 saturated heterocycles. The van der Waals surface area contributed by atoms with Crippen molar-refractivity contribution in [2.45, 2.75) is 38.3 Å². The smallest absolute Gasteiger partial charge is 0.321 e. The molecule has 25 heavy (non-hydrogen) atoms. The molecule has 0 bridgehead atoms. The number of hydrogen-bond acceptors (Lipinski definition) is 2. The zero-order valence-corrected chi connectivity index (χ0v) is 14.7. The highest BCUT2D eigenvalue weighted by Gasteiger charge is 2.19. The molecule has 0 spiro atoms. The Labute approximate surface area is 148 Å². The first-order chi connectivity index (χ1) is 12.1. The van der Waals surface area contributed by atoms with Crippen LogP contribution in [0.2, 0.25) is 0 Å². The zero-order chi connectivity index (χ0) is 17.6. The van der Waals surface area contributed by atoms with Crippen molar-refractivity contribution in [2.24, 2.45) is 0 Å². The third kappa shape index (κ3) is 5.03. The van der Waals surface area contributed by atoms with E-state index in [4.69, 9.17) is 0 Å². The van der Waals surface area contributed by atoms with E-state index in [-0.39, 0.29) is 24.5 Å². The number of imide groups is 1. The Morgan fingerprint density at radius 2 is 1.80 bits per heavy atom. The number of nitrogens with one attached hydrogen (secondary N) is 3. The van der Waals surface area contributed by atoms with Gasteiger partial charge >= 0.3 is 6.03 Å². The maximum atomic E-state index is 12.0. The molecule has 132 valence electrons. The van der Waals surface area contributed by atoms with Crippen LogP contribution in [0.15, 0.2) is 42.5 Å². The van der Waals surface area contributed by atoms with Crippen molar-refractivity contribution in [2.75, 3.05) is 13.6 Å². The third-order valence-electron chi connectivity index (χ3n) is 4.73. The van der Waals surface area contributed by atoms with Gasteiger partial charge in [0.05, 0.1) is 7.05 Å². The summed E-state index contributed by atoms with van der Waals surface area (Å²) in [5.74, 6) is -0.242. The van der Waals surface area contributed by atoms with Gasteiger partial charge in [-0.05, 0) is 29.7 Å². The van der Waals surface area contributed by atoms with Crippen LogP contribution in [0.3, 0.4) is 0 Å². The van der Waals surface area contributed by atoms with Crippen LogP contribution in [0.25, 0.3) is 10.8 Å². The summed E-state index contributed by atoms with van der Waals surface area (Å²) < 4.78 is 0. The predicted octanol–water partition coefficient (Wildman–Crippen LogP) is 1.62. The third-order valence-corrected chi connectivity index (χ3v) is 4.73. The summed E-state index contributed by atoms with van der Waals surface area (Å²) in [5.41, 5.74) is 1.18. The number of carbonyl (C=O) groups excluding carboxylic acids is 2. The average molecular weight is 340 g/mol. The minimum Gasteiger partial charge on any atom is -0.335 e. The fraction of sp³-hybridized carbons (Fsp3) is 0.400. The van der Waals surface area contributed by atoms with E-state index < -0.39 is 0 Å². The summed E-state index contributed by atoms with van der Waals surface area (Å²) in [6.45, 7) is 1.01. The quantitative estimate of drug-likeness (QED) is 0.775. The van der Waals surface area contributed by atoms with Crippen LogP contribution < -0.4 is 15.5 Å². The highest BCUT2D eigenvalue weighted by atomic mass is 16.2. The SMILES string of the molecule is C[NH+](CC(=O)NC(=O)NC1CCCC1)Cc1ccc2ccccc2c1. The summed E-state index contributed by atoms with van der Waals surface area (Å²) in [5, 5.41) is 7.73. The van der Waals surface area contributed by atoms with Crippen molar-refractivity contribution >= 4 is 22.7 Å². The van der Waals surface area contributed by atoms with E-state index in [1.165, 1.54) is 16.3 Å². The summed E-state index contributed by atoms with van der Waals surface area (Å²) in [7, 11) is 1.96. The Morgan fingerprint density at radius 1 is 1.08 bits per heavy atom. The fourth-order valence-electron chi connectivity index (χ4n) is 3.50. The minimum atomic E-state index is -0.365. The number of hydrogen-bond donors (Lipinski definition) is 3. The molecular weight excluding hydrogens is 314 g/mol. The van der Waals surface area contributed by atoms with Gasteiger partial charge in [-0.1, -0.05) is 49.2 Å². The van der Waals surface area contributed by atoms with Crippen molar-refractivity contribution in [1.82, 2.24) is 10.6 Å². The van der Waals surface area contributed by atoms with E-state index in [0.29, 0.717) is 0 Å². The highest BCUT2D eigenvalue weighted by Crippen LogP contribution is 2.17. The van der Waals surface area contributed by atoms with Gasteiger partial charge in [-0.3, -0.25) is 10.1 Å². The summed E-state index contributed by atoms with van der Waals surface area (Å²) >= 11 is 0. The Morgan fingerprint density at radius 3 is 2.56 bits per heavy atom. The molecule has 0 heterocycles. The molecule has 1 saturated carbocycles. The van der Waals surface area contributed by atoms with Gasteiger partial charge in [-0.25, -0.2) is 4.79 Å². The van der Waals surface area contributed by atoms with Crippen molar-refractivity contribution < 1.29 is 14.5 Å². The molecule has 0 radical (unpaired) electrons. The average Bonchev–Trinajstić information content (AvgIpc) is 3.07. The maximum absolute atomic E-state index is 12.0. The van der Waals surface area contributed by atoms with E-state index in [9.17, 15) is 9.59 Å². The van der Waals surface area contributed by atoms with Crippen LogP contribution in [0.5, 0.6) is 0 Å². The number of urea groups is 1. The van der Waals surface area contributed by atoms with E-state index in [1.54, 1.807) is 0 Å². The number of likely N-dealkylation sites (N-methyl/N-ethyl adjacent to an activating group) is 1. The molecule has 1 aliphatic carbocycles. The van der Waals surface area contributed by atoms with Gasteiger partial charge in [0.25, 0.3) is 5.91 Å². The zero-order valence-electron chi connectivity index (χ0n) is 14.7. The molecule has 3 amide bonds. The lowest BCUT2D eigenvalue weighted by Crippen LogP contribution is -3.09. The number of carbonyl (C=O) groups is 2. The van der Waals surface area contributed by atoms with Crippen molar-refractivity contribution in [3.8, 4) is 0 Å². The van der Waals surface area contributed by atoms with Gasteiger partial charge < -0.3 is 10.2 Å². The Bertz CT molecular complexity index is 753. The number of benzene rings is 2. The number of quaternary nitrogens is 1. The predicted molar refractivity (Wildman–Crippen MR) is 98.3 cm³/mol. The number of amides is 3. The molecule has 1 fully saturated rings. The van der Waals surface area contributed by atoms with E-state index in [0.717, 1.165) is 37.1 Å². The van der Waals surface area contributed by atoms with E-state index in [1.807, 2.05) is 19.2 Å². The molecule has 5 heteroatoms. The summed E-state index contributed by atoms with van der Waals surface area (Å²) in [4.78, 5) is 24.9. The molecule has 5 nitrogen and oxygen atoms in total. The Kier molecular flexibility index (Phi) is 5.66.